The van der Waals surface area contributed by atoms with Gasteiger partial charge in [0.25, 0.3) is 0 Å². The van der Waals surface area contributed by atoms with E-state index in [0.29, 0.717) is 13.0 Å². The number of methoxy groups -OCH3 is 1. The first kappa shape index (κ1) is 20.7. The summed E-state index contributed by atoms with van der Waals surface area (Å²) in [7, 11) is 1.64. The van der Waals surface area contributed by atoms with Gasteiger partial charge in [-0.05, 0) is 37.0 Å². The van der Waals surface area contributed by atoms with E-state index in [1.54, 1.807) is 7.11 Å². The Morgan fingerprint density at radius 2 is 1.82 bits per heavy atom. The van der Waals surface area contributed by atoms with Crippen molar-refractivity contribution in [3.8, 4) is 5.75 Å². The Morgan fingerprint density at radius 3 is 2.43 bits per heavy atom. The molecule has 154 valence electrons. The Kier molecular flexibility index (Phi) is 7.35. The fraction of sp³-hybridized carbons (Fsp3) is 0.652. The summed E-state index contributed by atoms with van der Waals surface area (Å²) in [5.74, 6) is 0.601. The van der Waals surface area contributed by atoms with Crippen LogP contribution in [0.2, 0.25) is 0 Å². The van der Waals surface area contributed by atoms with Crippen molar-refractivity contribution >= 4 is 11.8 Å². The molecular formula is C23H34N2O3. The summed E-state index contributed by atoms with van der Waals surface area (Å²) < 4.78 is 5.27. The highest BCUT2D eigenvalue weighted by atomic mass is 16.5. The zero-order valence-corrected chi connectivity index (χ0v) is 17.3. The predicted octanol–water partition coefficient (Wildman–Crippen LogP) is 4.22. The van der Waals surface area contributed by atoms with E-state index < -0.39 is 0 Å². The minimum atomic E-state index is -0.319. The molecular weight excluding hydrogens is 352 g/mol. The Labute approximate surface area is 168 Å². The summed E-state index contributed by atoms with van der Waals surface area (Å²) in [6, 6.07) is 7.88. The van der Waals surface area contributed by atoms with Crippen LogP contribution >= 0.6 is 0 Å². The Balaban J connectivity index is 1.79. The van der Waals surface area contributed by atoms with Crippen LogP contribution in [0.15, 0.2) is 24.3 Å². The van der Waals surface area contributed by atoms with Gasteiger partial charge in [-0.2, -0.15) is 0 Å². The van der Waals surface area contributed by atoms with Gasteiger partial charge in [0.2, 0.25) is 11.8 Å². The number of amides is 2. The maximum absolute atomic E-state index is 13.2. The largest absolute Gasteiger partial charge is 0.497 e. The second-order valence-electron chi connectivity index (χ2n) is 8.17. The van der Waals surface area contributed by atoms with E-state index in [1.165, 1.54) is 25.7 Å². The quantitative estimate of drug-likeness (QED) is 0.714. The van der Waals surface area contributed by atoms with Crippen molar-refractivity contribution in [3.63, 3.8) is 0 Å². The van der Waals surface area contributed by atoms with E-state index in [9.17, 15) is 9.59 Å². The number of carbonyl (C=O) groups is 2. The average molecular weight is 387 g/mol. The number of hydrogen-bond donors (Lipinski definition) is 1. The number of rotatable bonds is 7. The van der Waals surface area contributed by atoms with Gasteiger partial charge in [0.15, 0.2) is 0 Å². The van der Waals surface area contributed by atoms with Crippen molar-refractivity contribution in [2.75, 3.05) is 13.7 Å². The van der Waals surface area contributed by atoms with Gasteiger partial charge < -0.3 is 15.0 Å². The van der Waals surface area contributed by atoms with Crippen LogP contribution in [0, 0.1) is 5.92 Å². The Hall–Kier alpha value is -2.04. The Bertz CT molecular complexity index is 650. The molecule has 1 aromatic rings. The third-order valence-electron chi connectivity index (χ3n) is 6.18. The van der Waals surface area contributed by atoms with E-state index >= 15 is 0 Å². The summed E-state index contributed by atoms with van der Waals surface area (Å²) >= 11 is 0. The summed E-state index contributed by atoms with van der Waals surface area (Å²) in [6.07, 6.45) is 9.27. The van der Waals surface area contributed by atoms with Crippen molar-refractivity contribution in [2.24, 2.45) is 5.92 Å². The van der Waals surface area contributed by atoms with E-state index in [4.69, 9.17) is 4.74 Å². The minimum Gasteiger partial charge on any atom is -0.497 e. The molecule has 1 aliphatic heterocycles. The Morgan fingerprint density at radius 1 is 1.14 bits per heavy atom. The number of nitrogens with zero attached hydrogens (tertiary/aromatic N) is 1. The summed E-state index contributed by atoms with van der Waals surface area (Å²) in [5.41, 5.74) is 1.02. The number of likely N-dealkylation sites (tertiary alicyclic amines) is 1. The fourth-order valence-corrected chi connectivity index (χ4v) is 4.56. The molecule has 5 heteroatoms. The molecule has 1 saturated carbocycles. The SMILES string of the molecule is CCCCN1C(=O)C[C@@H](C(=O)NC2CCCCCC2)[C@@H]1c1ccc(OC)cc1. The first-order valence-electron chi connectivity index (χ1n) is 10.9. The molecule has 1 saturated heterocycles. The van der Waals surface area contributed by atoms with Crippen molar-refractivity contribution in [1.29, 1.82) is 0 Å². The standard InChI is InChI=1S/C23H34N2O3/c1-3-4-15-25-21(26)16-20(22(25)17-11-13-19(28-2)14-12-17)23(27)24-18-9-7-5-6-8-10-18/h11-14,18,20,22H,3-10,15-16H2,1-2H3,(H,24,27)/t20-,22+/m1/s1. The van der Waals surface area contributed by atoms with Crippen molar-refractivity contribution < 1.29 is 14.3 Å². The molecule has 0 spiro atoms. The van der Waals surface area contributed by atoms with E-state index in [-0.39, 0.29) is 29.8 Å². The monoisotopic (exact) mass is 386 g/mol. The van der Waals surface area contributed by atoms with Crippen molar-refractivity contribution in [3.05, 3.63) is 29.8 Å². The van der Waals surface area contributed by atoms with Crippen LogP contribution < -0.4 is 10.1 Å². The fourth-order valence-electron chi connectivity index (χ4n) is 4.56. The number of hydrogen-bond acceptors (Lipinski definition) is 3. The summed E-state index contributed by atoms with van der Waals surface area (Å²) in [5, 5.41) is 3.28. The van der Waals surface area contributed by atoms with Gasteiger partial charge in [0, 0.05) is 19.0 Å². The first-order chi connectivity index (χ1) is 13.6. The van der Waals surface area contributed by atoms with Crippen molar-refractivity contribution in [2.45, 2.75) is 76.8 Å². The molecule has 1 N–H and O–H groups in total. The topological polar surface area (TPSA) is 58.6 Å². The van der Waals surface area contributed by atoms with Crippen LogP contribution in [-0.2, 0) is 9.59 Å². The molecule has 5 nitrogen and oxygen atoms in total. The van der Waals surface area contributed by atoms with Gasteiger partial charge in [-0.1, -0.05) is 51.2 Å². The molecule has 1 aromatic carbocycles. The molecule has 0 bridgehead atoms. The second kappa shape index (κ2) is 9.94. The summed E-state index contributed by atoms with van der Waals surface area (Å²) in [4.78, 5) is 27.9. The predicted molar refractivity (Wildman–Crippen MR) is 110 cm³/mol. The highest BCUT2D eigenvalue weighted by molar-refractivity contribution is 5.90. The summed E-state index contributed by atoms with van der Waals surface area (Å²) in [6.45, 7) is 2.83. The zero-order valence-electron chi connectivity index (χ0n) is 17.3. The number of carbonyl (C=O) groups excluding carboxylic acids is 2. The molecule has 28 heavy (non-hydrogen) atoms. The molecule has 1 aliphatic carbocycles. The zero-order chi connectivity index (χ0) is 19.9. The van der Waals surface area contributed by atoms with Crippen LogP contribution in [0.5, 0.6) is 5.75 Å². The van der Waals surface area contributed by atoms with Crippen LogP contribution in [0.1, 0.15) is 76.3 Å². The van der Waals surface area contributed by atoms with Crippen LogP contribution in [-0.4, -0.2) is 36.4 Å². The number of ether oxygens (including phenoxy) is 1. The van der Waals surface area contributed by atoms with Gasteiger partial charge in [-0.15, -0.1) is 0 Å². The first-order valence-corrected chi connectivity index (χ1v) is 10.9. The molecule has 2 amide bonds. The molecule has 0 aromatic heterocycles. The van der Waals surface area contributed by atoms with Gasteiger partial charge in [-0.3, -0.25) is 9.59 Å². The van der Waals surface area contributed by atoms with Gasteiger partial charge >= 0.3 is 0 Å². The average Bonchev–Trinajstić information content (AvgIpc) is 2.86. The van der Waals surface area contributed by atoms with Crippen molar-refractivity contribution in [1.82, 2.24) is 10.2 Å². The molecule has 2 fully saturated rings. The van der Waals surface area contributed by atoms with E-state index in [2.05, 4.69) is 12.2 Å². The lowest BCUT2D eigenvalue weighted by Crippen LogP contribution is -2.41. The second-order valence-corrected chi connectivity index (χ2v) is 8.17. The van der Waals surface area contributed by atoms with Gasteiger partial charge in [0.05, 0.1) is 19.1 Å². The van der Waals surface area contributed by atoms with Gasteiger partial charge in [-0.25, -0.2) is 0 Å². The van der Waals surface area contributed by atoms with E-state index in [1.807, 2.05) is 29.2 Å². The number of unbranched alkanes of at least 4 members (excludes halogenated alkanes) is 1. The molecule has 0 radical (unpaired) electrons. The number of nitrogens with one attached hydrogen (secondary N) is 1. The lowest BCUT2D eigenvalue weighted by Gasteiger charge is -2.29. The molecule has 2 atom stereocenters. The normalized spacial score (nSPS) is 23.5. The molecule has 3 rings (SSSR count). The highest BCUT2D eigenvalue weighted by Crippen LogP contribution is 2.39. The van der Waals surface area contributed by atoms with Crippen LogP contribution in [0.3, 0.4) is 0 Å². The lowest BCUT2D eigenvalue weighted by atomic mass is 9.92. The third-order valence-corrected chi connectivity index (χ3v) is 6.18. The maximum Gasteiger partial charge on any atom is 0.226 e. The van der Waals surface area contributed by atoms with Crippen LogP contribution in [0.4, 0.5) is 0 Å². The molecule has 2 aliphatic rings. The highest BCUT2D eigenvalue weighted by Gasteiger charge is 2.44. The lowest BCUT2D eigenvalue weighted by molar-refractivity contribution is -0.129. The van der Waals surface area contributed by atoms with E-state index in [0.717, 1.165) is 37.0 Å². The molecule has 0 unspecified atom stereocenters. The van der Waals surface area contributed by atoms with Crippen LogP contribution in [0.25, 0.3) is 0 Å². The smallest absolute Gasteiger partial charge is 0.226 e. The third kappa shape index (κ3) is 4.86. The number of benzene rings is 1. The maximum atomic E-state index is 13.2. The van der Waals surface area contributed by atoms with Gasteiger partial charge in [0.1, 0.15) is 5.75 Å². The molecule has 1 heterocycles. The minimum absolute atomic E-state index is 0.0417.